The summed E-state index contributed by atoms with van der Waals surface area (Å²) in [5.41, 5.74) is 0.972. The molecule has 1 fully saturated rings. The van der Waals surface area contributed by atoms with E-state index in [4.69, 9.17) is 0 Å². The Morgan fingerprint density at radius 2 is 1.86 bits per heavy atom. The van der Waals surface area contributed by atoms with Gasteiger partial charge in [0.1, 0.15) is 5.82 Å². The Morgan fingerprint density at radius 1 is 1.03 bits per heavy atom. The van der Waals surface area contributed by atoms with Gasteiger partial charge in [-0.25, -0.2) is 13.8 Å². The van der Waals surface area contributed by atoms with Gasteiger partial charge in [0, 0.05) is 35.0 Å². The van der Waals surface area contributed by atoms with Gasteiger partial charge >= 0.3 is 0 Å². The number of carbonyl (C=O) groups is 2. The van der Waals surface area contributed by atoms with E-state index in [1.54, 1.807) is 0 Å². The second-order valence-electron chi connectivity index (χ2n) is 6.71. The number of anilines is 2. The van der Waals surface area contributed by atoms with Crippen molar-refractivity contribution in [1.82, 2.24) is 9.97 Å². The molecule has 2 N–H and O–H groups in total. The Labute approximate surface area is 165 Å². The lowest BCUT2D eigenvalue weighted by Gasteiger charge is -2.09. The molecule has 1 saturated carbocycles. The fourth-order valence-corrected chi connectivity index (χ4v) is 2.80. The number of pyridine rings is 2. The van der Waals surface area contributed by atoms with Gasteiger partial charge in [-0.3, -0.25) is 14.6 Å². The fraction of sp³-hybridized carbons (Fsp3) is 0.143. The van der Waals surface area contributed by atoms with Gasteiger partial charge in [0.15, 0.2) is 11.6 Å². The summed E-state index contributed by atoms with van der Waals surface area (Å²) in [4.78, 5) is 32.4. The predicted molar refractivity (Wildman–Crippen MR) is 103 cm³/mol. The highest BCUT2D eigenvalue weighted by molar-refractivity contribution is 6.05. The molecule has 0 spiro atoms. The zero-order valence-corrected chi connectivity index (χ0v) is 15.2. The van der Waals surface area contributed by atoms with Gasteiger partial charge in [0.2, 0.25) is 5.91 Å². The monoisotopic (exact) mass is 394 g/mol. The second-order valence-corrected chi connectivity index (χ2v) is 6.71. The topological polar surface area (TPSA) is 84.0 Å². The summed E-state index contributed by atoms with van der Waals surface area (Å²) in [7, 11) is 0. The third kappa shape index (κ3) is 4.26. The maximum Gasteiger partial charge on any atom is 0.255 e. The zero-order valence-electron chi connectivity index (χ0n) is 15.2. The first kappa shape index (κ1) is 18.7. The summed E-state index contributed by atoms with van der Waals surface area (Å²) in [5.74, 6) is -2.19. The second kappa shape index (κ2) is 7.75. The third-order valence-corrected chi connectivity index (χ3v) is 4.48. The van der Waals surface area contributed by atoms with E-state index in [1.165, 1.54) is 48.9 Å². The molecular weight excluding hydrogens is 378 g/mol. The Kier molecular flexibility index (Phi) is 4.99. The molecule has 0 atom stereocenters. The molecule has 0 radical (unpaired) electrons. The molecule has 0 saturated heterocycles. The van der Waals surface area contributed by atoms with Crippen LogP contribution in [0.2, 0.25) is 0 Å². The van der Waals surface area contributed by atoms with E-state index in [9.17, 15) is 18.4 Å². The number of halogens is 2. The first-order valence-corrected chi connectivity index (χ1v) is 8.99. The van der Waals surface area contributed by atoms with Crippen LogP contribution >= 0.6 is 0 Å². The number of aromatic nitrogens is 2. The standard InChI is InChI=1S/C21H16F2N4O2/c22-17-3-1-2-16(19(17)23)14-8-15(11-24-10-14)26-21(29)13-6-7-25-18(9-13)27-20(28)12-4-5-12/h1-3,6-12H,4-5H2,(H,26,29)(H,25,27,28). The van der Waals surface area contributed by atoms with Crippen LogP contribution in [0, 0.1) is 17.6 Å². The summed E-state index contributed by atoms with van der Waals surface area (Å²) >= 11 is 0. The minimum Gasteiger partial charge on any atom is -0.321 e. The van der Waals surface area contributed by atoms with Gasteiger partial charge in [-0.1, -0.05) is 12.1 Å². The van der Waals surface area contributed by atoms with Crippen LogP contribution < -0.4 is 10.6 Å². The van der Waals surface area contributed by atoms with Gasteiger partial charge < -0.3 is 10.6 Å². The Hall–Kier alpha value is -3.68. The van der Waals surface area contributed by atoms with Crippen molar-refractivity contribution in [2.45, 2.75) is 12.8 Å². The molecule has 2 aromatic heterocycles. The van der Waals surface area contributed by atoms with Crippen LogP contribution in [0.15, 0.2) is 55.0 Å². The zero-order chi connectivity index (χ0) is 20.4. The summed E-state index contributed by atoms with van der Waals surface area (Å²) in [6.07, 6.45) is 5.93. The minimum atomic E-state index is -0.983. The van der Waals surface area contributed by atoms with Crippen LogP contribution in [0.25, 0.3) is 11.1 Å². The van der Waals surface area contributed by atoms with Crippen LogP contribution in [-0.4, -0.2) is 21.8 Å². The van der Waals surface area contributed by atoms with Crippen molar-refractivity contribution in [1.29, 1.82) is 0 Å². The normalized spacial score (nSPS) is 13.0. The number of benzene rings is 1. The predicted octanol–water partition coefficient (Wildman–Crippen LogP) is 4.02. The highest BCUT2D eigenvalue weighted by Crippen LogP contribution is 2.30. The third-order valence-electron chi connectivity index (χ3n) is 4.48. The molecule has 29 heavy (non-hydrogen) atoms. The average Bonchev–Trinajstić information content (AvgIpc) is 3.56. The maximum atomic E-state index is 14.0. The Morgan fingerprint density at radius 3 is 2.66 bits per heavy atom. The summed E-state index contributed by atoms with van der Waals surface area (Å²) < 4.78 is 27.5. The van der Waals surface area contributed by atoms with Crippen molar-refractivity contribution in [3.63, 3.8) is 0 Å². The van der Waals surface area contributed by atoms with Crippen molar-refractivity contribution in [3.8, 4) is 11.1 Å². The molecule has 146 valence electrons. The van der Waals surface area contributed by atoms with Gasteiger partial charge in [-0.2, -0.15) is 0 Å². The van der Waals surface area contributed by atoms with E-state index in [1.807, 2.05) is 0 Å². The molecular formula is C21H16F2N4O2. The Bertz CT molecular complexity index is 1100. The van der Waals surface area contributed by atoms with Crippen molar-refractivity contribution >= 4 is 23.3 Å². The van der Waals surface area contributed by atoms with Crippen LogP contribution in [0.5, 0.6) is 0 Å². The van der Waals surface area contributed by atoms with Crippen molar-refractivity contribution in [2.75, 3.05) is 10.6 Å². The molecule has 0 unspecified atom stereocenters. The van der Waals surface area contributed by atoms with E-state index < -0.39 is 17.5 Å². The smallest absolute Gasteiger partial charge is 0.255 e. The van der Waals surface area contributed by atoms with Crippen LogP contribution in [0.3, 0.4) is 0 Å². The van der Waals surface area contributed by atoms with Crippen molar-refractivity contribution < 1.29 is 18.4 Å². The first-order chi connectivity index (χ1) is 14.0. The fourth-order valence-electron chi connectivity index (χ4n) is 2.80. The molecule has 8 heteroatoms. The van der Waals surface area contributed by atoms with E-state index in [2.05, 4.69) is 20.6 Å². The largest absolute Gasteiger partial charge is 0.321 e. The molecule has 1 aliphatic carbocycles. The molecule has 0 aliphatic heterocycles. The molecule has 1 aliphatic rings. The average molecular weight is 394 g/mol. The van der Waals surface area contributed by atoms with Crippen LogP contribution in [0.4, 0.5) is 20.3 Å². The van der Waals surface area contributed by atoms with E-state index >= 15 is 0 Å². The van der Waals surface area contributed by atoms with Gasteiger partial charge in [0.25, 0.3) is 5.91 Å². The number of amides is 2. The van der Waals surface area contributed by atoms with Crippen molar-refractivity contribution in [3.05, 3.63) is 72.2 Å². The lowest BCUT2D eigenvalue weighted by molar-refractivity contribution is -0.117. The first-order valence-electron chi connectivity index (χ1n) is 8.99. The molecule has 4 rings (SSSR count). The summed E-state index contributed by atoms with van der Waals surface area (Å²) in [6, 6.07) is 8.33. The number of rotatable bonds is 5. The number of hydrogen-bond acceptors (Lipinski definition) is 4. The summed E-state index contributed by atoms with van der Waals surface area (Å²) in [5, 5.41) is 5.35. The van der Waals surface area contributed by atoms with Crippen LogP contribution in [0.1, 0.15) is 23.2 Å². The molecule has 2 heterocycles. The highest BCUT2D eigenvalue weighted by Gasteiger charge is 2.29. The number of hydrogen-bond donors (Lipinski definition) is 2. The van der Waals surface area contributed by atoms with Crippen LogP contribution in [-0.2, 0) is 4.79 Å². The van der Waals surface area contributed by atoms with E-state index in [-0.39, 0.29) is 23.0 Å². The molecule has 2 amide bonds. The van der Waals surface area contributed by atoms with Crippen molar-refractivity contribution in [2.24, 2.45) is 5.92 Å². The molecule has 6 nitrogen and oxygen atoms in total. The summed E-state index contributed by atoms with van der Waals surface area (Å²) in [6.45, 7) is 0. The lowest BCUT2D eigenvalue weighted by Crippen LogP contribution is -2.16. The van der Waals surface area contributed by atoms with E-state index in [0.29, 0.717) is 17.1 Å². The molecule has 1 aromatic carbocycles. The SMILES string of the molecule is O=C(Nc1cncc(-c2cccc(F)c2F)c1)c1ccnc(NC(=O)C2CC2)c1. The van der Waals surface area contributed by atoms with E-state index in [0.717, 1.165) is 18.9 Å². The van der Waals surface area contributed by atoms with Gasteiger partial charge in [-0.15, -0.1) is 0 Å². The number of carbonyl (C=O) groups excluding carboxylic acids is 2. The Balaban J connectivity index is 1.51. The molecule has 0 bridgehead atoms. The number of nitrogens with one attached hydrogen (secondary N) is 2. The minimum absolute atomic E-state index is 0.0197. The number of nitrogens with zero attached hydrogens (tertiary/aromatic N) is 2. The maximum absolute atomic E-state index is 14.0. The quantitative estimate of drug-likeness (QED) is 0.685. The van der Waals surface area contributed by atoms with Gasteiger partial charge in [0.05, 0.1) is 11.9 Å². The highest BCUT2D eigenvalue weighted by atomic mass is 19.2. The molecule has 3 aromatic rings. The van der Waals surface area contributed by atoms with Gasteiger partial charge in [-0.05, 0) is 37.1 Å². The lowest BCUT2D eigenvalue weighted by atomic mass is 10.1.